The van der Waals surface area contributed by atoms with Crippen LogP contribution in [-0.4, -0.2) is 24.3 Å². The Morgan fingerprint density at radius 3 is 2.41 bits per heavy atom. The average molecular weight is 402 g/mol. The van der Waals surface area contributed by atoms with Crippen LogP contribution in [0.15, 0.2) is 78.2 Å². The molecule has 0 radical (unpaired) electrons. The number of rotatable bonds is 3. The number of aryl methyl sites for hydroxylation is 1. The van der Waals surface area contributed by atoms with Crippen LogP contribution in [0.4, 0.5) is 0 Å². The summed E-state index contributed by atoms with van der Waals surface area (Å²) in [5, 5.41) is 5.26. The fourth-order valence-corrected chi connectivity index (χ4v) is 3.61. The first-order chi connectivity index (χ1) is 14.1. The number of benzene rings is 2. The molecule has 0 unspecified atom stereocenters. The molecule has 2 aliphatic heterocycles. The molecule has 0 fully saturated rings. The summed E-state index contributed by atoms with van der Waals surface area (Å²) in [5.41, 5.74) is 5.55. The van der Waals surface area contributed by atoms with E-state index >= 15 is 0 Å². The van der Waals surface area contributed by atoms with Gasteiger partial charge in [-0.3, -0.25) is 4.79 Å². The number of nitrogens with one attached hydrogen (secondary N) is 1. The minimum Gasteiger partial charge on any atom is -0.364 e. The molecule has 0 saturated heterocycles. The SMILES string of the molecule is Cc1[nH]cc2c(=O)n(-c3ccc(Cl)cc3)nc-2c1-c1ccc(-n2ccnc2)cc1. The van der Waals surface area contributed by atoms with Crippen LogP contribution in [0.1, 0.15) is 5.69 Å². The Balaban J connectivity index is 1.66. The van der Waals surface area contributed by atoms with E-state index < -0.39 is 0 Å². The molecule has 0 bridgehead atoms. The number of hydrogen-bond acceptors (Lipinski definition) is 3. The largest absolute Gasteiger partial charge is 0.364 e. The van der Waals surface area contributed by atoms with Gasteiger partial charge in [-0.25, -0.2) is 4.98 Å². The highest BCUT2D eigenvalue weighted by atomic mass is 35.5. The van der Waals surface area contributed by atoms with Crippen LogP contribution in [0, 0.1) is 6.92 Å². The highest BCUT2D eigenvalue weighted by Gasteiger charge is 2.22. The predicted molar refractivity (Wildman–Crippen MR) is 113 cm³/mol. The van der Waals surface area contributed by atoms with E-state index in [1.54, 1.807) is 43.0 Å². The van der Waals surface area contributed by atoms with Gasteiger partial charge in [-0.1, -0.05) is 23.7 Å². The summed E-state index contributed by atoms with van der Waals surface area (Å²) in [5.74, 6) is 0. The zero-order valence-corrected chi connectivity index (χ0v) is 16.3. The van der Waals surface area contributed by atoms with Crippen LogP contribution in [-0.2, 0) is 0 Å². The first-order valence-corrected chi connectivity index (χ1v) is 9.45. The lowest BCUT2D eigenvalue weighted by Gasteiger charge is -2.11. The van der Waals surface area contributed by atoms with Gasteiger partial charge >= 0.3 is 0 Å². The van der Waals surface area contributed by atoms with Gasteiger partial charge in [0.1, 0.15) is 5.69 Å². The summed E-state index contributed by atoms with van der Waals surface area (Å²) in [7, 11) is 0. The topological polar surface area (TPSA) is 68.5 Å². The quantitative estimate of drug-likeness (QED) is 0.484. The van der Waals surface area contributed by atoms with Gasteiger partial charge in [-0.2, -0.15) is 9.78 Å². The molecule has 1 aromatic heterocycles. The van der Waals surface area contributed by atoms with E-state index in [1.165, 1.54) is 4.68 Å². The zero-order chi connectivity index (χ0) is 20.0. The molecule has 2 aromatic carbocycles. The van der Waals surface area contributed by atoms with E-state index in [4.69, 9.17) is 11.6 Å². The zero-order valence-electron chi connectivity index (χ0n) is 15.5. The fourth-order valence-electron chi connectivity index (χ4n) is 3.48. The maximum absolute atomic E-state index is 13.0. The lowest BCUT2D eigenvalue weighted by Crippen LogP contribution is -2.14. The van der Waals surface area contributed by atoms with Crippen LogP contribution in [0.5, 0.6) is 0 Å². The summed E-state index contributed by atoms with van der Waals surface area (Å²) in [4.78, 5) is 20.2. The van der Waals surface area contributed by atoms with Crippen molar-refractivity contribution < 1.29 is 0 Å². The monoisotopic (exact) mass is 401 g/mol. The highest BCUT2D eigenvalue weighted by Crippen LogP contribution is 2.33. The summed E-state index contributed by atoms with van der Waals surface area (Å²) in [6.45, 7) is 1.98. The van der Waals surface area contributed by atoms with Crippen LogP contribution in [0.25, 0.3) is 33.8 Å². The molecule has 3 heterocycles. The number of imidazole rings is 1. The molecule has 29 heavy (non-hydrogen) atoms. The summed E-state index contributed by atoms with van der Waals surface area (Å²) in [6, 6.07) is 15.1. The Hall–Kier alpha value is -3.64. The van der Waals surface area contributed by atoms with Crippen molar-refractivity contribution in [1.82, 2.24) is 24.3 Å². The number of H-pyrrole nitrogens is 1. The second-order valence-electron chi connectivity index (χ2n) is 6.76. The van der Waals surface area contributed by atoms with E-state index in [2.05, 4.69) is 15.1 Å². The third-order valence-corrected chi connectivity index (χ3v) is 5.20. The van der Waals surface area contributed by atoms with Crippen molar-refractivity contribution in [3.05, 3.63) is 94.5 Å². The normalized spacial score (nSPS) is 11.2. The molecule has 3 aromatic rings. The van der Waals surface area contributed by atoms with E-state index in [0.29, 0.717) is 22.0 Å². The Morgan fingerprint density at radius 1 is 1.00 bits per heavy atom. The second-order valence-corrected chi connectivity index (χ2v) is 7.20. The molecule has 6 nitrogen and oxygen atoms in total. The smallest absolute Gasteiger partial charge is 0.282 e. The van der Waals surface area contributed by atoms with E-state index in [-0.39, 0.29) is 5.56 Å². The van der Waals surface area contributed by atoms with Gasteiger partial charge < -0.3 is 9.55 Å². The van der Waals surface area contributed by atoms with Crippen LogP contribution in [0.2, 0.25) is 5.02 Å². The standard InChI is InChI=1S/C22H16ClN5O/c1-14-20(15-2-6-17(7-3-15)27-11-10-24-13-27)21-19(12-25-14)22(29)28(26-21)18-8-4-16(23)5-9-18/h2-13,25H,1H3. The fraction of sp³-hybridized carbons (Fsp3) is 0.0455. The maximum atomic E-state index is 13.0. The molecule has 0 amide bonds. The Morgan fingerprint density at radius 2 is 1.72 bits per heavy atom. The first-order valence-electron chi connectivity index (χ1n) is 9.07. The molecule has 2 aliphatic rings. The highest BCUT2D eigenvalue weighted by molar-refractivity contribution is 6.30. The number of pyridine rings is 1. The van der Waals surface area contributed by atoms with Crippen LogP contribution in [0.3, 0.4) is 0 Å². The molecule has 0 aliphatic carbocycles. The lowest BCUT2D eigenvalue weighted by atomic mass is 9.98. The third kappa shape index (κ3) is 2.94. The van der Waals surface area contributed by atoms with Crippen molar-refractivity contribution in [3.63, 3.8) is 0 Å². The molecule has 0 saturated carbocycles. The van der Waals surface area contributed by atoms with E-state index in [0.717, 1.165) is 22.5 Å². The van der Waals surface area contributed by atoms with Gasteiger partial charge in [-0.05, 0) is 48.9 Å². The Labute approximate surface area is 171 Å². The average Bonchev–Trinajstić information content (AvgIpc) is 3.38. The third-order valence-electron chi connectivity index (χ3n) is 4.95. The lowest BCUT2D eigenvalue weighted by molar-refractivity contribution is 0.858. The van der Waals surface area contributed by atoms with Gasteiger partial charge in [0.2, 0.25) is 0 Å². The van der Waals surface area contributed by atoms with Crippen molar-refractivity contribution >= 4 is 11.6 Å². The minimum atomic E-state index is -0.171. The van der Waals surface area contributed by atoms with Crippen molar-refractivity contribution in [2.24, 2.45) is 0 Å². The van der Waals surface area contributed by atoms with Crippen LogP contribution >= 0.6 is 11.6 Å². The Kier molecular flexibility index (Phi) is 4.07. The van der Waals surface area contributed by atoms with Crippen LogP contribution < -0.4 is 5.56 Å². The number of aromatic amines is 1. The van der Waals surface area contributed by atoms with Gasteiger partial charge in [0, 0.05) is 40.6 Å². The number of aromatic nitrogens is 5. The predicted octanol–water partition coefficient (Wildman–Crippen LogP) is 4.48. The molecule has 1 N–H and O–H groups in total. The molecular weight excluding hydrogens is 386 g/mol. The van der Waals surface area contributed by atoms with Gasteiger partial charge in [0.25, 0.3) is 5.56 Å². The Bertz CT molecular complexity index is 1320. The van der Waals surface area contributed by atoms with E-state index in [1.807, 2.05) is 42.0 Å². The maximum Gasteiger partial charge on any atom is 0.282 e. The molecule has 0 atom stereocenters. The van der Waals surface area contributed by atoms with Crippen molar-refractivity contribution in [2.75, 3.05) is 0 Å². The minimum absolute atomic E-state index is 0.171. The second kappa shape index (κ2) is 6.76. The number of hydrogen-bond donors (Lipinski definition) is 1. The molecule has 0 spiro atoms. The van der Waals surface area contributed by atoms with Crippen molar-refractivity contribution in [3.8, 4) is 33.8 Å². The summed E-state index contributed by atoms with van der Waals surface area (Å²) in [6.07, 6.45) is 7.11. The number of nitrogens with zero attached hydrogens (tertiary/aromatic N) is 4. The first kappa shape index (κ1) is 17.5. The number of fused-ring (bicyclic) bond motifs is 1. The molecule has 5 rings (SSSR count). The summed E-state index contributed by atoms with van der Waals surface area (Å²) < 4.78 is 3.35. The van der Waals surface area contributed by atoms with Gasteiger partial charge in [-0.15, -0.1) is 0 Å². The van der Waals surface area contributed by atoms with Crippen molar-refractivity contribution in [2.45, 2.75) is 6.92 Å². The summed E-state index contributed by atoms with van der Waals surface area (Å²) >= 11 is 5.97. The van der Waals surface area contributed by atoms with E-state index in [9.17, 15) is 4.79 Å². The van der Waals surface area contributed by atoms with Crippen molar-refractivity contribution in [1.29, 1.82) is 0 Å². The molecular formula is C22H16ClN5O. The number of halogens is 1. The molecule has 142 valence electrons. The molecule has 7 heteroatoms. The van der Waals surface area contributed by atoms with Gasteiger partial charge in [0.15, 0.2) is 0 Å². The van der Waals surface area contributed by atoms with Gasteiger partial charge in [0.05, 0.1) is 17.6 Å².